The average molecular weight is 340 g/mol. The molecule has 1 aromatic rings. The van der Waals surface area contributed by atoms with Crippen LogP contribution in [-0.4, -0.2) is 22.8 Å². The van der Waals surface area contributed by atoms with Crippen molar-refractivity contribution in [2.45, 2.75) is 51.7 Å². The number of rotatable bonds is 2. The molecule has 3 nitrogen and oxygen atoms in total. The van der Waals surface area contributed by atoms with E-state index in [1.54, 1.807) is 12.1 Å². The standard InChI is InChI=1S/C22H28O3/c1-13-12-16(25-20(23)14-8-6-5-7-9-14)18-19(21(18,2)3)17-15(13)10-11-22(17,4)24/h5-9,15-19,24H,1,10-12H2,2-4H3. The molecule has 3 saturated carbocycles. The summed E-state index contributed by atoms with van der Waals surface area (Å²) in [5.74, 6) is 1.03. The fraction of sp³-hybridized carbons (Fsp3) is 0.591. The van der Waals surface area contributed by atoms with Gasteiger partial charge in [-0.1, -0.05) is 44.2 Å². The van der Waals surface area contributed by atoms with Crippen LogP contribution in [0.3, 0.4) is 0 Å². The molecule has 0 bridgehead atoms. The Labute approximate surface area is 150 Å². The van der Waals surface area contributed by atoms with Gasteiger partial charge in [-0.2, -0.15) is 0 Å². The first-order valence-electron chi connectivity index (χ1n) is 9.39. The van der Waals surface area contributed by atoms with E-state index in [0.29, 0.717) is 23.3 Å². The maximum Gasteiger partial charge on any atom is 0.338 e. The second-order valence-electron chi connectivity index (χ2n) is 9.07. The minimum Gasteiger partial charge on any atom is -0.458 e. The molecule has 0 spiro atoms. The lowest BCUT2D eigenvalue weighted by Crippen LogP contribution is -2.34. The second kappa shape index (κ2) is 5.44. The van der Waals surface area contributed by atoms with E-state index >= 15 is 0 Å². The Hall–Kier alpha value is -1.61. The number of hydrogen-bond donors (Lipinski definition) is 1. The molecule has 3 heteroatoms. The van der Waals surface area contributed by atoms with Crippen molar-refractivity contribution in [1.82, 2.24) is 0 Å². The van der Waals surface area contributed by atoms with Crippen LogP contribution in [0.5, 0.6) is 0 Å². The lowest BCUT2D eigenvalue weighted by Gasteiger charge is -2.31. The molecule has 1 N–H and O–H groups in total. The second-order valence-corrected chi connectivity index (χ2v) is 9.07. The molecular formula is C22H28O3. The maximum atomic E-state index is 12.6. The van der Waals surface area contributed by atoms with Crippen LogP contribution in [0.2, 0.25) is 0 Å². The third-order valence-corrected chi connectivity index (χ3v) is 7.15. The topological polar surface area (TPSA) is 46.5 Å². The zero-order valence-electron chi connectivity index (χ0n) is 15.4. The van der Waals surface area contributed by atoms with Gasteiger partial charge in [0.2, 0.25) is 0 Å². The molecule has 0 saturated heterocycles. The summed E-state index contributed by atoms with van der Waals surface area (Å²) in [5, 5.41) is 11.0. The minimum absolute atomic E-state index is 0.0968. The molecule has 3 fully saturated rings. The first kappa shape index (κ1) is 16.8. The van der Waals surface area contributed by atoms with Crippen LogP contribution in [0.15, 0.2) is 42.5 Å². The Kier molecular flexibility index (Phi) is 3.66. The zero-order valence-corrected chi connectivity index (χ0v) is 15.4. The van der Waals surface area contributed by atoms with Crippen molar-refractivity contribution < 1.29 is 14.6 Å². The van der Waals surface area contributed by atoms with Crippen LogP contribution >= 0.6 is 0 Å². The van der Waals surface area contributed by atoms with Crippen molar-refractivity contribution in [3.8, 4) is 0 Å². The van der Waals surface area contributed by atoms with Gasteiger partial charge in [0.05, 0.1) is 11.2 Å². The molecule has 4 rings (SSSR count). The van der Waals surface area contributed by atoms with Gasteiger partial charge in [-0.15, -0.1) is 0 Å². The summed E-state index contributed by atoms with van der Waals surface area (Å²) in [6, 6.07) is 9.20. The number of carbonyl (C=O) groups excluding carboxylic acids is 1. The molecular weight excluding hydrogens is 312 g/mol. The van der Waals surface area contributed by atoms with Crippen molar-refractivity contribution in [2.75, 3.05) is 0 Å². The molecule has 3 aliphatic rings. The number of carbonyl (C=O) groups is 1. The molecule has 6 unspecified atom stereocenters. The van der Waals surface area contributed by atoms with Crippen molar-refractivity contribution in [3.05, 3.63) is 48.0 Å². The highest BCUT2D eigenvalue weighted by atomic mass is 16.5. The molecule has 6 atom stereocenters. The predicted octanol–water partition coefficient (Wildman–Crippen LogP) is 4.22. The number of esters is 1. The normalized spacial score (nSPS) is 41.4. The van der Waals surface area contributed by atoms with Crippen LogP contribution in [0.25, 0.3) is 0 Å². The third-order valence-electron chi connectivity index (χ3n) is 7.15. The largest absolute Gasteiger partial charge is 0.458 e. The van der Waals surface area contributed by atoms with Crippen LogP contribution < -0.4 is 0 Å². The Bertz CT molecular complexity index is 703. The van der Waals surface area contributed by atoms with Crippen molar-refractivity contribution >= 4 is 5.97 Å². The number of fused-ring (bicyclic) bond motifs is 3. The summed E-state index contributed by atoms with van der Waals surface area (Å²) in [5.41, 5.74) is 1.21. The number of aliphatic hydroxyl groups is 1. The first-order chi connectivity index (χ1) is 11.7. The highest BCUT2D eigenvalue weighted by Gasteiger charge is 2.70. The quantitative estimate of drug-likeness (QED) is 0.648. The predicted molar refractivity (Wildman–Crippen MR) is 97.0 cm³/mol. The zero-order chi connectivity index (χ0) is 18.0. The molecule has 0 amide bonds. The number of benzene rings is 1. The minimum atomic E-state index is -0.636. The smallest absolute Gasteiger partial charge is 0.338 e. The Morgan fingerprint density at radius 2 is 1.84 bits per heavy atom. The lowest BCUT2D eigenvalue weighted by atomic mass is 9.77. The van der Waals surface area contributed by atoms with Gasteiger partial charge in [0.15, 0.2) is 0 Å². The summed E-state index contributed by atoms with van der Waals surface area (Å²) < 4.78 is 5.97. The van der Waals surface area contributed by atoms with Gasteiger partial charge < -0.3 is 9.84 Å². The van der Waals surface area contributed by atoms with E-state index in [-0.39, 0.29) is 23.4 Å². The molecule has 1 aromatic carbocycles. The van der Waals surface area contributed by atoms with Crippen molar-refractivity contribution in [1.29, 1.82) is 0 Å². The fourth-order valence-corrected chi connectivity index (χ4v) is 5.87. The van der Waals surface area contributed by atoms with Gasteiger partial charge in [0.1, 0.15) is 6.10 Å². The van der Waals surface area contributed by atoms with E-state index < -0.39 is 5.60 Å². The van der Waals surface area contributed by atoms with E-state index in [2.05, 4.69) is 20.4 Å². The van der Waals surface area contributed by atoms with Crippen molar-refractivity contribution in [3.63, 3.8) is 0 Å². The fourth-order valence-electron chi connectivity index (χ4n) is 5.87. The van der Waals surface area contributed by atoms with E-state index in [1.807, 2.05) is 25.1 Å². The molecule has 25 heavy (non-hydrogen) atoms. The summed E-state index contributed by atoms with van der Waals surface area (Å²) >= 11 is 0. The summed E-state index contributed by atoms with van der Waals surface area (Å²) in [6.07, 6.45) is 2.42. The van der Waals surface area contributed by atoms with E-state index in [1.165, 1.54) is 0 Å². The Morgan fingerprint density at radius 3 is 2.52 bits per heavy atom. The van der Waals surface area contributed by atoms with Crippen LogP contribution in [0.4, 0.5) is 0 Å². The summed E-state index contributed by atoms with van der Waals surface area (Å²) in [7, 11) is 0. The molecule has 0 heterocycles. The molecule has 0 aliphatic heterocycles. The number of ether oxygens (including phenoxy) is 1. The van der Waals surface area contributed by atoms with Gasteiger partial charge in [-0.25, -0.2) is 4.79 Å². The SMILES string of the molecule is C=C1CC(OC(=O)c2ccccc2)C2C(C3C1CCC3(C)O)C2(C)C. The van der Waals surface area contributed by atoms with Crippen LogP contribution in [0, 0.1) is 29.1 Å². The van der Waals surface area contributed by atoms with Gasteiger partial charge in [0.25, 0.3) is 0 Å². The van der Waals surface area contributed by atoms with E-state index in [0.717, 1.165) is 24.8 Å². The van der Waals surface area contributed by atoms with Crippen molar-refractivity contribution in [2.24, 2.45) is 29.1 Å². The summed E-state index contributed by atoms with van der Waals surface area (Å²) in [6.45, 7) is 10.8. The first-order valence-corrected chi connectivity index (χ1v) is 9.39. The van der Waals surface area contributed by atoms with Gasteiger partial charge in [-0.3, -0.25) is 0 Å². The Balaban J connectivity index is 1.61. The molecule has 134 valence electrons. The number of hydrogen-bond acceptors (Lipinski definition) is 3. The van der Waals surface area contributed by atoms with Gasteiger partial charge >= 0.3 is 5.97 Å². The summed E-state index contributed by atoms with van der Waals surface area (Å²) in [4.78, 5) is 12.6. The average Bonchev–Trinajstić information content (AvgIpc) is 3.01. The highest BCUT2D eigenvalue weighted by molar-refractivity contribution is 5.89. The molecule has 3 aliphatic carbocycles. The maximum absolute atomic E-state index is 12.6. The monoisotopic (exact) mass is 340 g/mol. The van der Waals surface area contributed by atoms with Gasteiger partial charge in [0, 0.05) is 12.3 Å². The molecule has 0 aromatic heterocycles. The van der Waals surface area contributed by atoms with E-state index in [9.17, 15) is 9.90 Å². The van der Waals surface area contributed by atoms with Crippen LogP contribution in [-0.2, 0) is 4.74 Å². The van der Waals surface area contributed by atoms with E-state index in [4.69, 9.17) is 4.74 Å². The molecule has 0 radical (unpaired) electrons. The van der Waals surface area contributed by atoms with Gasteiger partial charge in [-0.05, 0) is 55.1 Å². The Morgan fingerprint density at radius 1 is 1.16 bits per heavy atom. The lowest BCUT2D eigenvalue weighted by molar-refractivity contribution is -0.00296. The van der Waals surface area contributed by atoms with Crippen LogP contribution in [0.1, 0.15) is 50.4 Å². The highest BCUT2D eigenvalue weighted by Crippen LogP contribution is 2.71. The third kappa shape index (κ3) is 2.55.